The highest BCUT2D eigenvalue weighted by atomic mass is 16.5. The molecule has 0 saturated carbocycles. The molecule has 1 unspecified atom stereocenters. The van der Waals surface area contributed by atoms with E-state index < -0.39 is 12.7 Å². The van der Waals surface area contributed by atoms with Crippen molar-refractivity contribution in [3.63, 3.8) is 0 Å². The van der Waals surface area contributed by atoms with Gasteiger partial charge >= 0.3 is 5.97 Å². The summed E-state index contributed by atoms with van der Waals surface area (Å²) in [5.74, 6) is -0.364. The topological polar surface area (TPSA) is 66.8 Å². The van der Waals surface area contributed by atoms with Crippen LogP contribution in [-0.2, 0) is 9.53 Å². The quantitative estimate of drug-likeness (QED) is 0.254. The minimum absolute atomic E-state index is 0.154. The highest BCUT2D eigenvalue weighted by Crippen LogP contribution is 1.99. The third kappa shape index (κ3) is 22.0. The van der Waals surface area contributed by atoms with Gasteiger partial charge in [-0.1, -0.05) is 79.8 Å². The standard InChI is InChI=1S/C25H38O4/c1-2-3-4-5-6-7-8-9-10-11-12-13-14-15-16-17-18-19-20-21-25(28)29-23-24(27)22-26/h3-4,6-7,9-10,12-13,15-16,18-19,24,26-27H,2,5,8,11,14,17,20-23H2,1H3/b4-3-,7-6-,10-9-,13-12-,16-15-,19-18-. The number of rotatable bonds is 17. The summed E-state index contributed by atoms with van der Waals surface area (Å²) in [5, 5.41) is 17.7. The van der Waals surface area contributed by atoms with Gasteiger partial charge in [0.2, 0.25) is 0 Å². The van der Waals surface area contributed by atoms with Crippen molar-refractivity contribution in [2.45, 2.75) is 64.4 Å². The molecule has 0 radical (unpaired) electrons. The Bertz CT molecular complexity index is 553. The average Bonchev–Trinajstić information content (AvgIpc) is 2.73. The Morgan fingerprint density at radius 2 is 1.17 bits per heavy atom. The summed E-state index contributed by atoms with van der Waals surface area (Å²) in [6.45, 7) is 1.59. The van der Waals surface area contributed by atoms with Crippen molar-refractivity contribution in [1.29, 1.82) is 0 Å². The number of hydrogen-bond acceptors (Lipinski definition) is 4. The number of esters is 1. The van der Waals surface area contributed by atoms with Crippen LogP contribution in [0.5, 0.6) is 0 Å². The van der Waals surface area contributed by atoms with Gasteiger partial charge in [-0.25, -0.2) is 0 Å². The van der Waals surface area contributed by atoms with Crippen molar-refractivity contribution in [1.82, 2.24) is 0 Å². The van der Waals surface area contributed by atoms with E-state index in [4.69, 9.17) is 14.9 Å². The second-order valence-electron chi connectivity index (χ2n) is 6.47. The van der Waals surface area contributed by atoms with Gasteiger partial charge in [0.05, 0.1) is 6.61 Å². The highest BCUT2D eigenvalue weighted by Gasteiger charge is 2.06. The van der Waals surface area contributed by atoms with Gasteiger partial charge in [-0.15, -0.1) is 0 Å². The summed E-state index contributed by atoms with van der Waals surface area (Å²) in [7, 11) is 0. The van der Waals surface area contributed by atoms with E-state index in [1.54, 1.807) is 0 Å². The molecule has 0 heterocycles. The van der Waals surface area contributed by atoms with E-state index in [-0.39, 0.29) is 19.0 Å². The smallest absolute Gasteiger partial charge is 0.306 e. The van der Waals surface area contributed by atoms with Gasteiger partial charge in [-0.3, -0.25) is 4.79 Å². The first kappa shape index (κ1) is 26.8. The van der Waals surface area contributed by atoms with Gasteiger partial charge in [-0.05, 0) is 44.9 Å². The molecule has 0 aromatic carbocycles. The monoisotopic (exact) mass is 402 g/mol. The second-order valence-corrected chi connectivity index (χ2v) is 6.47. The minimum atomic E-state index is -0.996. The van der Waals surface area contributed by atoms with Crippen LogP contribution in [0.2, 0.25) is 0 Å². The number of ether oxygens (including phenoxy) is 1. The molecule has 0 aliphatic heterocycles. The van der Waals surface area contributed by atoms with Gasteiger partial charge in [0.1, 0.15) is 12.7 Å². The van der Waals surface area contributed by atoms with E-state index in [0.717, 1.165) is 38.5 Å². The van der Waals surface area contributed by atoms with Gasteiger partial charge in [0.15, 0.2) is 0 Å². The van der Waals surface area contributed by atoms with E-state index in [1.807, 2.05) is 12.2 Å². The van der Waals surface area contributed by atoms with Gasteiger partial charge < -0.3 is 14.9 Å². The maximum absolute atomic E-state index is 11.4. The molecule has 0 spiro atoms. The second kappa shape index (κ2) is 22.1. The van der Waals surface area contributed by atoms with Crippen molar-refractivity contribution < 1.29 is 19.7 Å². The van der Waals surface area contributed by atoms with Gasteiger partial charge in [0, 0.05) is 6.42 Å². The third-order valence-corrected chi connectivity index (χ3v) is 3.76. The molecular weight excluding hydrogens is 364 g/mol. The van der Waals surface area contributed by atoms with Crippen LogP contribution in [0, 0.1) is 0 Å². The first-order valence-electron chi connectivity index (χ1n) is 10.5. The fourth-order valence-electron chi connectivity index (χ4n) is 2.15. The van der Waals surface area contributed by atoms with E-state index in [1.165, 1.54) is 0 Å². The van der Waals surface area contributed by atoms with Crippen molar-refractivity contribution in [3.8, 4) is 0 Å². The summed E-state index contributed by atoms with van der Waals surface area (Å²) in [4.78, 5) is 11.4. The normalized spacial score (nSPS) is 13.9. The summed E-state index contributed by atoms with van der Waals surface area (Å²) in [6, 6.07) is 0. The molecule has 0 aromatic rings. The fraction of sp³-hybridized carbons (Fsp3) is 0.480. The lowest BCUT2D eigenvalue weighted by Crippen LogP contribution is -2.21. The maximum atomic E-state index is 11.4. The molecule has 1 atom stereocenters. The molecule has 0 amide bonds. The van der Waals surface area contributed by atoms with Crippen LogP contribution in [-0.4, -0.2) is 35.5 Å². The molecule has 0 bridgehead atoms. The summed E-state index contributed by atoms with van der Waals surface area (Å²) in [6.07, 6.45) is 31.4. The van der Waals surface area contributed by atoms with Crippen LogP contribution in [0.1, 0.15) is 58.3 Å². The SMILES string of the molecule is CC/C=C\C/C=C\C/C=C\C/C=C\C/C=C\C/C=C\CCC(=O)OCC(O)CO. The van der Waals surface area contributed by atoms with E-state index in [9.17, 15) is 4.79 Å². The molecule has 4 heteroatoms. The van der Waals surface area contributed by atoms with Gasteiger partial charge in [-0.2, -0.15) is 0 Å². The Labute approximate surface area is 176 Å². The third-order valence-electron chi connectivity index (χ3n) is 3.76. The Morgan fingerprint density at radius 3 is 1.59 bits per heavy atom. The minimum Gasteiger partial charge on any atom is -0.463 e. The number of aliphatic hydroxyl groups is 2. The number of carbonyl (C=O) groups is 1. The van der Waals surface area contributed by atoms with E-state index >= 15 is 0 Å². The molecule has 0 aliphatic rings. The molecule has 0 saturated heterocycles. The molecule has 4 nitrogen and oxygen atoms in total. The first-order valence-corrected chi connectivity index (χ1v) is 10.5. The zero-order valence-electron chi connectivity index (χ0n) is 17.8. The molecule has 2 N–H and O–H groups in total. The molecule has 0 aliphatic carbocycles. The van der Waals surface area contributed by atoms with Crippen LogP contribution in [0.25, 0.3) is 0 Å². The van der Waals surface area contributed by atoms with E-state index in [0.29, 0.717) is 6.42 Å². The molecule has 0 aromatic heterocycles. The zero-order valence-corrected chi connectivity index (χ0v) is 17.8. The van der Waals surface area contributed by atoms with Crippen molar-refractivity contribution in [2.24, 2.45) is 0 Å². The van der Waals surface area contributed by atoms with E-state index in [2.05, 4.69) is 67.7 Å². The Kier molecular flexibility index (Phi) is 20.5. The maximum Gasteiger partial charge on any atom is 0.306 e. The van der Waals surface area contributed by atoms with Crippen LogP contribution >= 0.6 is 0 Å². The average molecular weight is 403 g/mol. The molecule has 0 fully saturated rings. The molecule has 162 valence electrons. The lowest BCUT2D eigenvalue weighted by Gasteiger charge is -2.07. The first-order chi connectivity index (χ1) is 14.2. The molecule has 29 heavy (non-hydrogen) atoms. The Morgan fingerprint density at radius 1 is 0.759 bits per heavy atom. The molecular formula is C25H38O4. The van der Waals surface area contributed by atoms with Crippen LogP contribution in [0.3, 0.4) is 0 Å². The number of aliphatic hydroxyl groups excluding tert-OH is 2. The number of allylic oxidation sites excluding steroid dienone is 12. The predicted molar refractivity (Wildman–Crippen MR) is 122 cm³/mol. The van der Waals surface area contributed by atoms with Crippen molar-refractivity contribution in [3.05, 3.63) is 72.9 Å². The van der Waals surface area contributed by atoms with Crippen LogP contribution in [0.15, 0.2) is 72.9 Å². The summed E-state index contributed by atoms with van der Waals surface area (Å²) >= 11 is 0. The van der Waals surface area contributed by atoms with Crippen LogP contribution in [0.4, 0.5) is 0 Å². The summed E-state index contributed by atoms with van der Waals surface area (Å²) < 4.78 is 4.82. The lowest BCUT2D eigenvalue weighted by atomic mass is 10.2. The zero-order chi connectivity index (χ0) is 21.4. The van der Waals surface area contributed by atoms with Crippen molar-refractivity contribution >= 4 is 5.97 Å². The predicted octanol–water partition coefficient (Wildman–Crippen LogP) is 5.36. The highest BCUT2D eigenvalue weighted by molar-refractivity contribution is 5.69. The largest absolute Gasteiger partial charge is 0.463 e. The molecule has 0 rings (SSSR count). The lowest BCUT2D eigenvalue weighted by molar-refractivity contribution is -0.147. The fourth-order valence-corrected chi connectivity index (χ4v) is 2.15. The Hall–Kier alpha value is -2.17. The summed E-state index contributed by atoms with van der Waals surface area (Å²) in [5.41, 5.74) is 0. The Balaban J connectivity index is 3.58. The van der Waals surface area contributed by atoms with Gasteiger partial charge in [0.25, 0.3) is 0 Å². The van der Waals surface area contributed by atoms with Crippen molar-refractivity contribution in [2.75, 3.05) is 13.2 Å². The number of hydrogen-bond donors (Lipinski definition) is 2. The number of carbonyl (C=O) groups excluding carboxylic acids is 1. The van der Waals surface area contributed by atoms with Crippen LogP contribution < -0.4 is 0 Å².